The number of H-pyrrole nitrogens is 1. The van der Waals surface area contributed by atoms with Crippen molar-refractivity contribution >= 4 is 23.3 Å². The van der Waals surface area contributed by atoms with Crippen LogP contribution in [0.2, 0.25) is 0 Å². The summed E-state index contributed by atoms with van der Waals surface area (Å²) in [6, 6.07) is 11.0. The molecule has 0 bridgehead atoms. The second-order valence-corrected chi connectivity index (χ2v) is 6.98. The first-order chi connectivity index (χ1) is 14.9. The molecule has 0 spiro atoms. The molecule has 1 N–H and O–H groups in total. The summed E-state index contributed by atoms with van der Waals surface area (Å²) < 4.78 is 19.2. The summed E-state index contributed by atoms with van der Waals surface area (Å²) in [4.78, 5) is 40.1. The number of rotatable bonds is 4. The van der Waals surface area contributed by atoms with E-state index in [4.69, 9.17) is 4.74 Å². The molecule has 0 saturated heterocycles. The van der Waals surface area contributed by atoms with Crippen molar-refractivity contribution in [2.45, 2.75) is 13.3 Å². The predicted octanol–water partition coefficient (Wildman–Crippen LogP) is 4.11. The van der Waals surface area contributed by atoms with E-state index >= 15 is 0 Å². The summed E-state index contributed by atoms with van der Waals surface area (Å²) in [5.41, 5.74) is 2.75. The van der Waals surface area contributed by atoms with Crippen LogP contribution >= 0.6 is 0 Å². The normalized spacial score (nSPS) is 12.5. The molecule has 1 amide bonds. The van der Waals surface area contributed by atoms with E-state index < -0.39 is 22.6 Å². The number of anilines is 1. The lowest BCUT2D eigenvalue weighted by Gasteiger charge is -2.23. The maximum atomic E-state index is 14.1. The van der Waals surface area contributed by atoms with Gasteiger partial charge in [0.1, 0.15) is 11.5 Å². The summed E-state index contributed by atoms with van der Waals surface area (Å²) in [5, 5.41) is 10.9. The molecule has 2 aromatic carbocycles. The highest BCUT2D eigenvalue weighted by atomic mass is 19.1. The molecule has 3 aromatic rings. The highest BCUT2D eigenvalue weighted by molar-refractivity contribution is 6.08. The van der Waals surface area contributed by atoms with Gasteiger partial charge in [0.2, 0.25) is 0 Å². The van der Waals surface area contributed by atoms with Gasteiger partial charge in [-0.1, -0.05) is 0 Å². The van der Waals surface area contributed by atoms with Gasteiger partial charge in [-0.05, 0) is 55.3 Å². The minimum atomic E-state index is -0.543. The number of fused-ring (bicyclic) bond motifs is 3. The van der Waals surface area contributed by atoms with E-state index in [9.17, 15) is 24.1 Å². The molecule has 9 heteroatoms. The average Bonchev–Trinajstić information content (AvgIpc) is 3.12. The van der Waals surface area contributed by atoms with Crippen LogP contribution in [-0.4, -0.2) is 34.9 Å². The van der Waals surface area contributed by atoms with Crippen LogP contribution in [0.4, 0.5) is 15.8 Å². The van der Waals surface area contributed by atoms with Gasteiger partial charge >= 0.3 is 5.97 Å². The summed E-state index contributed by atoms with van der Waals surface area (Å²) in [6.45, 7) is 2.19. The number of nitrogens with zero attached hydrogens (tertiary/aromatic N) is 2. The van der Waals surface area contributed by atoms with Crippen LogP contribution < -0.4 is 4.90 Å². The summed E-state index contributed by atoms with van der Waals surface area (Å²) in [5.74, 6) is -1.41. The van der Waals surface area contributed by atoms with Crippen molar-refractivity contribution in [3.63, 3.8) is 0 Å². The topological polar surface area (TPSA) is 106 Å². The Morgan fingerprint density at radius 2 is 1.94 bits per heavy atom. The Kier molecular flexibility index (Phi) is 5.24. The first kappa shape index (κ1) is 20.3. The van der Waals surface area contributed by atoms with Crippen LogP contribution in [0, 0.1) is 15.9 Å². The van der Waals surface area contributed by atoms with Crippen molar-refractivity contribution in [1.29, 1.82) is 0 Å². The number of amides is 1. The molecule has 31 heavy (non-hydrogen) atoms. The van der Waals surface area contributed by atoms with Crippen LogP contribution in [0.25, 0.3) is 11.3 Å². The number of aromatic nitrogens is 1. The molecule has 1 aliphatic heterocycles. The van der Waals surface area contributed by atoms with Gasteiger partial charge in [0, 0.05) is 29.8 Å². The minimum Gasteiger partial charge on any atom is -0.461 e. The molecule has 2 heterocycles. The largest absolute Gasteiger partial charge is 0.461 e. The number of nitro groups is 1. The first-order valence-electron chi connectivity index (χ1n) is 9.64. The Labute approximate surface area is 176 Å². The summed E-state index contributed by atoms with van der Waals surface area (Å²) in [6.07, 6.45) is 0.417. The summed E-state index contributed by atoms with van der Waals surface area (Å²) >= 11 is 0. The maximum Gasteiger partial charge on any atom is 0.354 e. The number of aromatic amines is 1. The van der Waals surface area contributed by atoms with Crippen molar-refractivity contribution in [1.82, 2.24) is 4.98 Å². The number of hydrogen-bond donors (Lipinski definition) is 1. The van der Waals surface area contributed by atoms with Crippen molar-refractivity contribution in [2.24, 2.45) is 0 Å². The van der Waals surface area contributed by atoms with E-state index in [1.807, 2.05) is 0 Å². The third kappa shape index (κ3) is 3.77. The van der Waals surface area contributed by atoms with Gasteiger partial charge in [-0.3, -0.25) is 14.9 Å². The zero-order valence-electron chi connectivity index (χ0n) is 16.6. The fourth-order valence-electron chi connectivity index (χ4n) is 3.64. The Balaban J connectivity index is 1.75. The van der Waals surface area contributed by atoms with E-state index in [1.54, 1.807) is 19.1 Å². The number of ether oxygens (including phenoxy) is 1. The van der Waals surface area contributed by atoms with E-state index in [0.717, 1.165) is 5.56 Å². The van der Waals surface area contributed by atoms with Gasteiger partial charge in [-0.15, -0.1) is 0 Å². The van der Waals surface area contributed by atoms with Crippen LogP contribution in [-0.2, 0) is 11.2 Å². The van der Waals surface area contributed by atoms with Crippen molar-refractivity contribution in [3.05, 3.63) is 81.3 Å². The molecule has 0 fully saturated rings. The van der Waals surface area contributed by atoms with Crippen LogP contribution in [0.1, 0.15) is 33.3 Å². The van der Waals surface area contributed by atoms with Gasteiger partial charge in [-0.2, -0.15) is 0 Å². The van der Waals surface area contributed by atoms with Crippen molar-refractivity contribution in [3.8, 4) is 11.3 Å². The van der Waals surface area contributed by atoms with E-state index in [-0.39, 0.29) is 30.1 Å². The lowest BCUT2D eigenvalue weighted by atomic mass is 10.1. The lowest BCUT2D eigenvalue weighted by molar-refractivity contribution is -0.384. The zero-order chi connectivity index (χ0) is 22.1. The second kappa shape index (κ2) is 8.02. The number of carbonyl (C=O) groups excluding carboxylic acids is 2. The minimum absolute atomic E-state index is 0.125. The number of non-ortho nitro benzene ring substituents is 1. The predicted molar refractivity (Wildman–Crippen MR) is 111 cm³/mol. The molecule has 0 atom stereocenters. The van der Waals surface area contributed by atoms with Gasteiger partial charge in [0.15, 0.2) is 0 Å². The van der Waals surface area contributed by atoms with Gasteiger partial charge in [0.05, 0.1) is 22.9 Å². The van der Waals surface area contributed by atoms with Crippen molar-refractivity contribution in [2.75, 3.05) is 18.1 Å². The Morgan fingerprint density at radius 1 is 1.19 bits per heavy atom. The van der Waals surface area contributed by atoms with Crippen molar-refractivity contribution < 1.29 is 23.6 Å². The van der Waals surface area contributed by atoms with E-state index in [0.29, 0.717) is 23.4 Å². The molecule has 0 aliphatic carbocycles. The van der Waals surface area contributed by atoms with Gasteiger partial charge in [0.25, 0.3) is 11.6 Å². The SMILES string of the molecule is CCOC(=O)c1cc2c([nH]1)-c1ccc(F)cc1N(C(=O)c1ccc([N+](=O)[O-])cc1)CC2. The first-order valence-corrected chi connectivity index (χ1v) is 9.64. The number of hydrogen-bond acceptors (Lipinski definition) is 5. The molecule has 0 saturated carbocycles. The smallest absolute Gasteiger partial charge is 0.354 e. The second-order valence-electron chi connectivity index (χ2n) is 6.98. The number of halogens is 1. The van der Waals surface area contributed by atoms with Gasteiger partial charge in [-0.25, -0.2) is 9.18 Å². The molecule has 1 aromatic heterocycles. The highest BCUT2D eigenvalue weighted by Gasteiger charge is 2.28. The number of benzene rings is 2. The monoisotopic (exact) mass is 423 g/mol. The third-order valence-corrected chi connectivity index (χ3v) is 5.09. The molecular formula is C22H18FN3O5. The molecule has 4 rings (SSSR count). The van der Waals surface area contributed by atoms with Crippen LogP contribution in [0.5, 0.6) is 0 Å². The number of nitrogens with one attached hydrogen (secondary N) is 1. The number of nitro benzene ring substituents is 1. The van der Waals surface area contributed by atoms with Crippen LogP contribution in [0.3, 0.4) is 0 Å². The quantitative estimate of drug-likeness (QED) is 0.386. The third-order valence-electron chi connectivity index (χ3n) is 5.09. The van der Waals surface area contributed by atoms with Gasteiger partial charge < -0.3 is 14.6 Å². The number of esters is 1. The standard InChI is InChI=1S/C22H18FN3O5/c1-2-31-22(28)18-11-14-9-10-25(19-12-15(23)5-8-17(19)20(14)24-18)21(27)13-3-6-16(7-4-13)26(29)30/h3-8,11-12,24H,2,9-10H2,1H3. The molecule has 1 aliphatic rings. The van der Waals surface area contributed by atoms with Crippen LogP contribution in [0.15, 0.2) is 48.5 Å². The average molecular weight is 423 g/mol. The lowest BCUT2D eigenvalue weighted by Crippen LogP contribution is -2.32. The molecule has 0 unspecified atom stereocenters. The molecule has 0 radical (unpaired) electrons. The molecule has 8 nitrogen and oxygen atoms in total. The number of carbonyl (C=O) groups is 2. The Morgan fingerprint density at radius 3 is 2.61 bits per heavy atom. The fourth-order valence-corrected chi connectivity index (χ4v) is 3.64. The Hall–Kier alpha value is -4.01. The zero-order valence-corrected chi connectivity index (χ0v) is 16.6. The fraction of sp³-hybridized carbons (Fsp3) is 0.182. The maximum absolute atomic E-state index is 14.1. The Bertz CT molecular complexity index is 1190. The molecule has 158 valence electrons. The van der Waals surface area contributed by atoms with E-state index in [1.165, 1.54) is 41.3 Å². The summed E-state index contributed by atoms with van der Waals surface area (Å²) in [7, 11) is 0. The van der Waals surface area contributed by atoms with E-state index in [2.05, 4.69) is 4.98 Å². The highest BCUT2D eigenvalue weighted by Crippen LogP contribution is 2.37. The molecular weight excluding hydrogens is 405 g/mol.